The van der Waals surface area contributed by atoms with Gasteiger partial charge in [0.2, 0.25) is 15.4 Å². The lowest BCUT2D eigenvalue weighted by Crippen LogP contribution is -2.29. The zero-order valence-corrected chi connectivity index (χ0v) is 16.3. The largest absolute Gasteiger partial charge is 0.301 e. The van der Waals surface area contributed by atoms with Gasteiger partial charge in [0, 0.05) is 6.92 Å². The Hall–Kier alpha value is -2.62. The van der Waals surface area contributed by atoms with Crippen LogP contribution in [-0.4, -0.2) is 24.5 Å². The van der Waals surface area contributed by atoms with E-state index in [0.717, 1.165) is 28.0 Å². The number of carbonyl (C=O) groups is 1. The van der Waals surface area contributed by atoms with E-state index in [9.17, 15) is 13.2 Å². The second kappa shape index (κ2) is 7.95. The van der Waals surface area contributed by atoms with Gasteiger partial charge >= 0.3 is 0 Å². The summed E-state index contributed by atoms with van der Waals surface area (Å²) in [5, 5.41) is 9.97. The molecule has 9 heteroatoms. The summed E-state index contributed by atoms with van der Waals surface area (Å²) in [4.78, 5) is 11.1. The first-order valence-corrected chi connectivity index (χ1v) is 10.4. The Kier molecular flexibility index (Phi) is 5.64. The molecule has 0 aliphatic rings. The average Bonchev–Trinajstić information content (AvgIpc) is 3.10. The van der Waals surface area contributed by atoms with Crippen LogP contribution in [0.3, 0.4) is 0 Å². The highest BCUT2D eigenvalue weighted by Crippen LogP contribution is 2.27. The molecule has 0 aliphatic heterocycles. The first kappa shape index (κ1) is 19.2. The second-order valence-corrected chi connectivity index (χ2v) is 8.80. The van der Waals surface area contributed by atoms with E-state index in [0.29, 0.717) is 0 Å². The molecule has 3 rings (SSSR count). The molecule has 1 atom stereocenters. The third-order valence-electron chi connectivity index (χ3n) is 3.74. The van der Waals surface area contributed by atoms with Crippen LogP contribution in [-0.2, 0) is 14.8 Å². The molecule has 0 aliphatic carbocycles. The van der Waals surface area contributed by atoms with E-state index in [1.807, 2.05) is 61.5 Å². The minimum Gasteiger partial charge on any atom is -0.301 e. The van der Waals surface area contributed by atoms with Crippen molar-refractivity contribution in [1.29, 1.82) is 0 Å². The van der Waals surface area contributed by atoms with Gasteiger partial charge in [0.1, 0.15) is 0 Å². The Morgan fingerprint density at radius 1 is 1.00 bits per heavy atom. The van der Waals surface area contributed by atoms with Crippen LogP contribution in [0.15, 0.2) is 58.9 Å². The van der Waals surface area contributed by atoms with Crippen molar-refractivity contribution in [3.8, 4) is 0 Å². The van der Waals surface area contributed by atoms with Crippen LogP contribution in [0.5, 0.6) is 0 Å². The predicted octanol–water partition coefficient (Wildman–Crippen LogP) is 2.87. The van der Waals surface area contributed by atoms with Crippen molar-refractivity contribution in [3.63, 3.8) is 0 Å². The molecule has 2 aromatic carbocycles. The Bertz CT molecular complexity index is 1030. The van der Waals surface area contributed by atoms with Gasteiger partial charge in [0.05, 0.1) is 6.04 Å². The number of hydrogen-bond donors (Lipinski definition) is 2. The number of hydrogen-bond acceptors (Lipinski definition) is 6. The third kappa shape index (κ3) is 4.76. The van der Waals surface area contributed by atoms with Crippen LogP contribution < -0.4 is 10.0 Å². The summed E-state index contributed by atoms with van der Waals surface area (Å²) in [5.41, 5.74) is 2.69. The number of carbonyl (C=O) groups excluding carboxylic acids is 1. The van der Waals surface area contributed by atoms with Gasteiger partial charge in [-0.2, -0.15) is 4.72 Å². The smallest absolute Gasteiger partial charge is 0.270 e. The Morgan fingerprint density at radius 2 is 1.63 bits per heavy atom. The molecule has 1 unspecified atom stereocenters. The zero-order chi connectivity index (χ0) is 19.4. The fraction of sp³-hybridized carbons (Fsp3) is 0.167. The number of benzene rings is 2. The second-order valence-electron chi connectivity index (χ2n) is 5.93. The number of nitrogens with one attached hydrogen (secondary N) is 2. The van der Waals surface area contributed by atoms with Crippen LogP contribution in [0, 0.1) is 6.92 Å². The van der Waals surface area contributed by atoms with Crippen LogP contribution in [0.2, 0.25) is 0 Å². The van der Waals surface area contributed by atoms with E-state index in [-0.39, 0.29) is 15.4 Å². The van der Waals surface area contributed by atoms with Gasteiger partial charge in [-0.3, -0.25) is 4.79 Å². The molecule has 1 heterocycles. The van der Waals surface area contributed by atoms with Gasteiger partial charge in [-0.15, -0.1) is 10.2 Å². The Morgan fingerprint density at radius 3 is 2.26 bits per heavy atom. The Labute approximate surface area is 161 Å². The van der Waals surface area contributed by atoms with Crippen LogP contribution in [0.4, 0.5) is 5.13 Å². The average molecular weight is 403 g/mol. The fourth-order valence-corrected chi connectivity index (χ4v) is 4.63. The van der Waals surface area contributed by atoms with E-state index in [1.165, 1.54) is 6.92 Å². The lowest BCUT2D eigenvalue weighted by Gasteiger charge is -2.19. The number of sulfonamides is 1. The van der Waals surface area contributed by atoms with E-state index >= 15 is 0 Å². The van der Waals surface area contributed by atoms with Crippen molar-refractivity contribution >= 4 is 32.4 Å². The molecule has 0 saturated carbocycles. The van der Waals surface area contributed by atoms with Crippen molar-refractivity contribution in [2.24, 2.45) is 0 Å². The molecule has 1 aromatic heterocycles. The normalized spacial score (nSPS) is 12.5. The summed E-state index contributed by atoms with van der Waals surface area (Å²) < 4.78 is 28.2. The summed E-state index contributed by atoms with van der Waals surface area (Å²) >= 11 is 0.798. The van der Waals surface area contributed by atoms with Gasteiger partial charge in [-0.25, -0.2) is 8.42 Å². The molecule has 0 bridgehead atoms. The SMILES string of the molecule is CC(=O)Nc1nnc(S(=O)(=O)NC(c2ccccc2)c2ccc(C)cc2)s1. The predicted molar refractivity (Wildman–Crippen MR) is 104 cm³/mol. The van der Waals surface area contributed by atoms with E-state index in [1.54, 1.807) is 0 Å². The van der Waals surface area contributed by atoms with Crippen molar-refractivity contribution in [2.75, 3.05) is 5.32 Å². The molecule has 2 N–H and O–H groups in total. The first-order chi connectivity index (χ1) is 12.8. The number of aryl methyl sites for hydroxylation is 1. The minimum atomic E-state index is -3.94. The molecule has 0 radical (unpaired) electrons. The van der Waals surface area contributed by atoms with E-state index < -0.39 is 16.1 Å². The summed E-state index contributed by atoms with van der Waals surface area (Å²) in [5.74, 6) is -0.343. The lowest BCUT2D eigenvalue weighted by molar-refractivity contribution is -0.114. The summed E-state index contributed by atoms with van der Waals surface area (Å²) in [6.07, 6.45) is 0. The van der Waals surface area contributed by atoms with Gasteiger partial charge in [-0.1, -0.05) is 71.5 Å². The summed E-state index contributed by atoms with van der Waals surface area (Å²) in [6, 6.07) is 16.3. The molecule has 0 spiro atoms. The number of rotatable bonds is 6. The first-order valence-electron chi connectivity index (χ1n) is 8.10. The minimum absolute atomic E-state index is 0.134. The highest BCUT2D eigenvalue weighted by Gasteiger charge is 2.26. The maximum atomic E-state index is 12.8. The molecule has 0 saturated heterocycles. The molecular weight excluding hydrogens is 384 g/mol. The number of amides is 1. The quantitative estimate of drug-likeness (QED) is 0.618. The Balaban J connectivity index is 1.94. The highest BCUT2D eigenvalue weighted by molar-refractivity contribution is 7.91. The van der Waals surface area contributed by atoms with Crippen molar-refractivity contribution in [1.82, 2.24) is 14.9 Å². The van der Waals surface area contributed by atoms with Crippen molar-refractivity contribution in [3.05, 3.63) is 71.3 Å². The molecule has 0 fully saturated rings. The molecule has 140 valence electrons. The van der Waals surface area contributed by atoms with E-state index in [4.69, 9.17) is 0 Å². The molecule has 7 nitrogen and oxygen atoms in total. The van der Waals surface area contributed by atoms with Crippen molar-refractivity contribution < 1.29 is 13.2 Å². The third-order valence-corrected chi connectivity index (χ3v) is 6.36. The van der Waals surface area contributed by atoms with Crippen LogP contribution in [0.1, 0.15) is 29.7 Å². The van der Waals surface area contributed by atoms with Gasteiger partial charge in [-0.05, 0) is 18.1 Å². The van der Waals surface area contributed by atoms with Gasteiger partial charge < -0.3 is 5.32 Å². The maximum absolute atomic E-state index is 12.8. The van der Waals surface area contributed by atoms with Crippen molar-refractivity contribution in [2.45, 2.75) is 24.2 Å². The lowest BCUT2D eigenvalue weighted by atomic mass is 9.99. The van der Waals surface area contributed by atoms with Gasteiger partial charge in [0.25, 0.3) is 10.0 Å². The summed E-state index contributed by atoms with van der Waals surface area (Å²) in [6.45, 7) is 3.28. The standard InChI is InChI=1S/C18H18N4O3S2/c1-12-8-10-15(11-9-12)16(14-6-4-3-5-7-14)22-27(24,25)18-21-20-17(26-18)19-13(2)23/h3-11,16,22H,1-2H3,(H,19,20,23). The van der Waals surface area contributed by atoms with E-state index in [2.05, 4.69) is 20.2 Å². The molecule has 1 amide bonds. The number of nitrogens with zero attached hydrogens (tertiary/aromatic N) is 2. The number of aromatic nitrogens is 2. The topological polar surface area (TPSA) is 101 Å². The molecular formula is C18H18N4O3S2. The van der Waals surface area contributed by atoms with Crippen LogP contribution in [0.25, 0.3) is 0 Å². The highest BCUT2D eigenvalue weighted by atomic mass is 32.2. The number of anilines is 1. The monoisotopic (exact) mass is 402 g/mol. The van der Waals surface area contributed by atoms with Crippen LogP contribution >= 0.6 is 11.3 Å². The maximum Gasteiger partial charge on any atom is 0.270 e. The fourth-order valence-electron chi connectivity index (χ4n) is 2.46. The summed E-state index contributed by atoms with van der Waals surface area (Å²) in [7, 11) is -3.94. The molecule has 27 heavy (non-hydrogen) atoms. The molecule has 3 aromatic rings. The zero-order valence-electron chi connectivity index (χ0n) is 14.7. The van der Waals surface area contributed by atoms with Gasteiger partial charge in [0.15, 0.2) is 0 Å².